The predicted molar refractivity (Wildman–Crippen MR) is 132 cm³/mol. The Bertz CT molecular complexity index is 1120. The van der Waals surface area contributed by atoms with Crippen LogP contribution in [0.4, 0.5) is 0 Å². The Hall–Kier alpha value is -2.45. The highest BCUT2D eigenvalue weighted by atomic mass is 79.9. The fourth-order valence-corrected chi connectivity index (χ4v) is 4.24. The quantitative estimate of drug-likeness (QED) is 0.325. The summed E-state index contributed by atoms with van der Waals surface area (Å²) in [6.07, 6.45) is 0.0924. The summed E-state index contributed by atoms with van der Waals surface area (Å²) in [5.74, 6) is 0.368. The van der Waals surface area contributed by atoms with Gasteiger partial charge in [0.2, 0.25) is 0 Å². The molecule has 0 aliphatic carbocycles. The minimum atomic E-state index is -1.10. The van der Waals surface area contributed by atoms with E-state index in [0.717, 1.165) is 10.0 Å². The maximum atomic E-state index is 11.0. The van der Waals surface area contributed by atoms with Crippen LogP contribution >= 0.6 is 39.1 Å². The molecule has 1 atom stereocenters. The van der Waals surface area contributed by atoms with Crippen LogP contribution in [0.15, 0.2) is 59.1 Å². The van der Waals surface area contributed by atoms with Gasteiger partial charge in [0.1, 0.15) is 30.8 Å². The van der Waals surface area contributed by atoms with Crippen molar-refractivity contribution in [2.24, 2.45) is 5.73 Å². The van der Waals surface area contributed by atoms with E-state index in [-0.39, 0.29) is 28.8 Å². The smallest absolute Gasteiger partial charge is 0.320 e. The van der Waals surface area contributed by atoms with Crippen molar-refractivity contribution in [3.63, 3.8) is 0 Å². The molecule has 0 fully saturated rings. The van der Waals surface area contributed by atoms with E-state index in [4.69, 9.17) is 48.3 Å². The molecular weight excluding hydrogens is 533 g/mol. The first-order valence-electron chi connectivity index (χ1n) is 9.90. The molecule has 174 valence electrons. The minimum absolute atomic E-state index is 0.0885. The molecule has 33 heavy (non-hydrogen) atoms. The van der Waals surface area contributed by atoms with Crippen molar-refractivity contribution in [3.05, 3.63) is 85.8 Å². The number of benzene rings is 3. The van der Waals surface area contributed by atoms with Crippen LogP contribution < -0.4 is 19.9 Å². The highest BCUT2D eigenvalue weighted by Crippen LogP contribution is 2.37. The van der Waals surface area contributed by atoms with Gasteiger partial charge in [-0.15, -0.1) is 0 Å². The summed E-state index contributed by atoms with van der Waals surface area (Å²) in [5, 5.41) is 9.51. The Morgan fingerprint density at radius 3 is 2.30 bits per heavy atom. The molecule has 0 heterocycles. The van der Waals surface area contributed by atoms with Gasteiger partial charge in [-0.2, -0.15) is 0 Å². The topological polar surface area (TPSA) is 91.0 Å². The third-order valence-electron chi connectivity index (χ3n) is 4.79. The molecule has 3 N–H and O–H groups in total. The number of nitrogens with two attached hydrogens (primary N) is 1. The molecule has 0 bridgehead atoms. The van der Waals surface area contributed by atoms with E-state index in [0.29, 0.717) is 29.2 Å². The van der Waals surface area contributed by atoms with Crippen LogP contribution in [-0.4, -0.2) is 24.2 Å². The fraction of sp³-hybridized carbons (Fsp3) is 0.208. The average Bonchev–Trinajstić information content (AvgIpc) is 2.77. The van der Waals surface area contributed by atoms with Gasteiger partial charge < -0.3 is 25.1 Å². The van der Waals surface area contributed by atoms with Gasteiger partial charge in [0, 0.05) is 4.47 Å². The van der Waals surface area contributed by atoms with E-state index in [1.165, 1.54) is 0 Å². The Labute approximate surface area is 210 Å². The number of ether oxygens (including phenoxy) is 3. The molecule has 3 aromatic rings. The minimum Gasteiger partial charge on any atom is -0.496 e. The molecule has 0 aliphatic heterocycles. The van der Waals surface area contributed by atoms with Crippen LogP contribution in [0.25, 0.3) is 0 Å². The molecule has 0 aromatic heterocycles. The van der Waals surface area contributed by atoms with Crippen molar-refractivity contribution in [1.29, 1.82) is 0 Å². The summed E-state index contributed by atoms with van der Waals surface area (Å²) >= 11 is 16.2. The van der Waals surface area contributed by atoms with Crippen LogP contribution in [0, 0.1) is 0 Å². The summed E-state index contributed by atoms with van der Waals surface area (Å²) in [6, 6.07) is 15.4. The maximum absolute atomic E-state index is 11.0. The molecule has 0 spiro atoms. The standard InChI is InChI=1S/C24H22BrCl2NO5/c1-31-21-6-3-7-22(32-12-14-4-2-5-16(25)8-14)17(21)13-33-23-18(26)9-15(10-19(23)27)11-20(28)24(29)30/h2-10,20H,11-13,28H2,1H3,(H,29,30). The number of hydrogen-bond acceptors (Lipinski definition) is 5. The lowest BCUT2D eigenvalue weighted by atomic mass is 10.1. The third kappa shape index (κ3) is 6.77. The van der Waals surface area contributed by atoms with Crippen LogP contribution in [0.5, 0.6) is 17.2 Å². The van der Waals surface area contributed by atoms with Crippen LogP contribution in [-0.2, 0) is 24.4 Å². The van der Waals surface area contributed by atoms with Crippen molar-refractivity contribution in [2.45, 2.75) is 25.7 Å². The van der Waals surface area contributed by atoms with Gasteiger partial charge in [0.15, 0.2) is 5.75 Å². The van der Waals surface area contributed by atoms with Crippen molar-refractivity contribution in [1.82, 2.24) is 0 Å². The number of carbonyl (C=O) groups is 1. The first-order valence-corrected chi connectivity index (χ1v) is 11.5. The average molecular weight is 555 g/mol. The molecule has 3 rings (SSSR count). The SMILES string of the molecule is COc1cccc(OCc2cccc(Br)c2)c1COc1c(Cl)cc(CC(N)C(=O)O)cc1Cl. The van der Waals surface area contributed by atoms with Crippen molar-refractivity contribution >= 4 is 45.1 Å². The third-order valence-corrected chi connectivity index (χ3v) is 5.84. The molecule has 0 saturated heterocycles. The molecule has 9 heteroatoms. The Morgan fingerprint density at radius 1 is 1.00 bits per heavy atom. The summed E-state index contributed by atoms with van der Waals surface area (Å²) in [4.78, 5) is 11.0. The first kappa shape index (κ1) is 25.2. The van der Waals surface area contributed by atoms with Gasteiger partial charge in [0.05, 0.1) is 22.7 Å². The molecule has 6 nitrogen and oxygen atoms in total. The van der Waals surface area contributed by atoms with Crippen LogP contribution in [0.1, 0.15) is 16.7 Å². The molecule has 1 unspecified atom stereocenters. The number of halogens is 3. The summed E-state index contributed by atoms with van der Waals surface area (Å²) in [6.45, 7) is 0.449. The number of aliphatic carboxylic acids is 1. The largest absolute Gasteiger partial charge is 0.496 e. The van der Waals surface area contributed by atoms with E-state index >= 15 is 0 Å². The lowest BCUT2D eigenvalue weighted by Gasteiger charge is -2.17. The van der Waals surface area contributed by atoms with E-state index in [1.54, 1.807) is 19.2 Å². The summed E-state index contributed by atoms with van der Waals surface area (Å²) in [5.41, 5.74) is 7.89. The second-order valence-corrected chi connectivity index (χ2v) is 8.91. The molecule has 0 radical (unpaired) electrons. The molecule has 0 aliphatic rings. The van der Waals surface area contributed by atoms with Crippen LogP contribution in [0.3, 0.4) is 0 Å². The molecule has 0 amide bonds. The lowest BCUT2D eigenvalue weighted by Crippen LogP contribution is -2.32. The number of carboxylic acids is 1. The summed E-state index contributed by atoms with van der Waals surface area (Å²) < 4.78 is 18.4. The van der Waals surface area contributed by atoms with Gasteiger partial charge in [-0.3, -0.25) is 4.79 Å². The monoisotopic (exact) mass is 553 g/mol. The Kier molecular flexibility index (Phi) is 8.86. The zero-order chi connectivity index (χ0) is 24.0. The van der Waals surface area contributed by atoms with Crippen molar-refractivity contribution in [3.8, 4) is 17.2 Å². The number of hydrogen-bond donors (Lipinski definition) is 2. The highest BCUT2D eigenvalue weighted by molar-refractivity contribution is 9.10. The van der Waals surface area contributed by atoms with Gasteiger partial charge in [-0.1, -0.05) is 57.3 Å². The second kappa shape index (κ2) is 11.6. The fourth-order valence-electron chi connectivity index (χ4n) is 3.16. The van der Waals surface area contributed by atoms with Crippen molar-refractivity contribution < 1.29 is 24.1 Å². The van der Waals surface area contributed by atoms with E-state index < -0.39 is 12.0 Å². The number of rotatable bonds is 10. The lowest BCUT2D eigenvalue weighted by molar-refractivity contribution is -0.138. The predicted octanol–water partition coefficient (Wildman–Crippen LogP) is 5.88. The highest BCUT2D eigenvalue weighted by Gasteiger charge is 2.18. The van der Waals surface area contributed by atoms with Gasteiger partial charge >= 0.3 is 5.97 Å². The molecule has 0 saturated carbocycles. The van der Waals surface area contributed by atoms with Crippen molar-refractivity contribution in [2.75, 3.05) is 7.11 Å². The number of methoxy groups -OCH3 is 1. The summed E-state index contributed by atoms with van der Waals surface area (Å²) in [7, 11) is 1.57. The van der Waals surface area contributed by atoms with Gasteiger partial charge in [0.25, 0.3) is 0 Å². The number of carboxylic acid groups (broad SMARTS) is 1. The maximum Gasteiger partial charge on any atom is 0.320 e. The van der Waals surface area contributed by atoms with E-state index in [1.807, 2.05) is 42.5 Å². The van der Waals surface area contributed by atoms with Gasteiger partial charge in [-0.05, 0) is 53.9 Å². The molecular formula is C24H22BrCl2NO5. The van der Waals surface area contributed by atoms with E-state index in [9.17, 15) is 4.79 Å². The normalized spacial score (nSPS) is 11.7. The van der Waals surface area contributed by atoms with E-state index in [2.05, 4.69) is 15.9 Å². The zero-order valence-electron chi connectivity index (χ0n) is 17.7. The second-order valence-electron chi connectivity index (χ2n) is 7.18. The molecule has 3 aromatic carbocycles. The Balaban J connectivity index is 1.78. The Morgan fingerprint density at radius 2 is 1.67 bits per heavy atom. The van der Waals surface area contributed by atoms with Crippen LogP contribution in [0.2, 0.25) is 10.0 Å². The first-order chi connectivity index (χ1) is 15.8. The zero-order valence-corrected chi connectivity index (χ0v) is 20.8. The van der Waals surface area contributed by atoms with Gasteiger partial charge in [-0.25, -0.2) is 0 Å².